The van der Waals surface area contributed by atoms with Crippen molar-refractivity contribution in [3.8, 4) is 0 Å². The van der Waals surface area contributed by atoms with Crippen LogP contribution in [0.5, 0.6) is 0 Å². The molecule has 10 heteroatoms. The fourth-order valence-electron chi connectivity index (χ4n) is 2.04. The lowest BCUT2D eigenvalue weighted by Crippen LogP contribution is -1.90. The van der Waals surface area contributed by atoms with Gasteiger partial charge in [0.1, 0.15) is 27.9 Å². The molecule has 2 heterocycles. The maximum absolute atomic E-state index is 9.48. The van der Waals surface area contributed by atoms with E-state index in [1.54, 1.807) is 24.3 Å². The number of hydrogen-bond acceptors (Lipinski definition) is 7. The molecule has 4 N–H and O–H groups in total. The van der Waals surface area contributed by atoms with E-state index in [2.05, 4.69) is 36.0 Å². The quantitative estimate of drug-likeness (QED) is 0.425. The Morgan fingerprint density at radius 3 is 2.50 bits per heavy atom. The van der Waals surface area contributed by atoms with Crippen LogP contribution in [-0.4, -0.2) is 41.3 Å². The molecule has 2 aromatic heterocycles. The van der Waals surface area contributed by atoms with Gasteiger partial charge in [-0.25, -0.2) is 0 Å². The Balaban J connectivity index is 0.00000144. The Labute approximate surface area is 122 Å². The molecule has 110 valence electrons. The van der Waals surface area contributed by atoms with E-state index in [9.17, 15) is 5.21 Å². The third kappa shape index (κ3) is 2.03. The number of azo groups is 1. The summed E-state index contributed by atoms with van der Waals surface area (Å²) in [4.78, 5) is 0.701. The smallest absolute Gasteiger partial charge is 0.144 e. The number of H-pyrrole nitrogens is 1. The Hall–Kier alpha value is -3.40. The van der Waals surface area contributed by atoms with E-state index in [1.807, 2.05) is 12.1 Å². The molecular weight excluding hydrogens is 288 g/mol. The summed E-state index contributed by atoms with van der Waals surface area (Å²) in [7, 11) is 0. The monoisotopic (exact) mass is 298 g/mol. The van der Waals surface area contributed by atoms with Crippen LogP contribution in [0.2, 0.25) is 0 Å². The third-order valence-electron chi connectivity index (χ3n) is 3.04. The van der Waals surface area contributed by atoms with Crippen molar-refractivity contribution in [2.45, 2.75) is 0 Å². The van der Waals surface area contributed by atoms with Gasteiger partial charge in [0.25, 0.3) is 0 Å². The molecule has 0 aliphatic rings. The SMILES string of the molecule is O.On1nnc2c(N=Nc3cccc4[nH]nnc34)cccc21. The molecule has 0 atom stereocenters. The van der Waals surface area contributed by atoms with Gasteiger partial charge >= 0.3 is 0 Å². The minimum atomic E-state index is 0. The second kappa shape index (κ2) is 5.18. The fraction of sp³-hybridized carbons (Fsp3) is 0. The standard InChI is InChI=1S/C12H8N8O.H2O/c21-20-10-6-2-5-9(12(10)17-19-20)14-13-7-3-1-4-8-11(7)16-18-15-8;/h1-6,21H,(H,15,16,18);1H2. The lowest BCUT2D eigenvalue weighted by atomic mass is 10.2. The number of hydrogen-bond donors (Lipinski definition) is 2. The largest absolute Gasteiger partial charge is 0.412 e. The molecule has 0 saturated heterocycles. The van der Waals surface area contributed by atoms with E-state index in [0.29, 0.717) is 32.8 Å². The minimum Gasteiger partial charge on any atom is -0.412 e. The summed E-state index contributed by atoms with van der Waals surface area (Å²) in [5, 5.41) is 35.7. The summed E-state index contributed by atoms with van der Waals surface area (Å²) in [5.41, 5.74) is 3.45. The molecule has 0 spiro atoms. The lowest BCUT2D eigenvalue weighted by molar-refractivity contribution is 0.155. The van der Waals surface area contributed by atoms with Gasteiger partial charge < -0.3 is 10.7 Å². The maximum atomic E-state index is 9.48. The number of aromatic nitrogens is 6. The Morgan fingerprint density at radius 1 is 0.955 bits per heavy atom. The zero-order valence-electron chi connectivity index (χ0n) is 11.0. The third-order valence-corrected chi connectivity index (χ3v) is 3.04. The van der Waals surface area contributed by atoms with Gasteiger partial charge in [-0.2, -0.15) is 0 Å². The topological polar surface area (TPSA) is 149 Å². The second-order valence-corrected chi connectivity index (χ2v) is 4.31. The molecule has 4 rings (SSSR count). The number of nitrogens with zero attached hydrogens (tertiary/aromatic N) is 7. The molecule has 0 bridgehead atoms. The first kappa shape index (κ1) is 13.6. The Morgan fingerprint density at radius 2 is 1.68 bits per heavy atom. The summed E-state index contributed by atoms with van der Waals surface area (Å²) in [6.45, 7) is 0. The van der Waals surface area contributed by atoms with Crippen LogP contribution in [0, 0.1) is 0 Å². The van der Waals surface area contributed by atoms with Crippen molar-refractivity contribution in [3.63, 3.8) is 0 Å². The van der Waals surface area contributed by atoms with Crippen molar-refractivity contribution in [3.05, 3.63) is 36.4 Å². The van der Waals surface area contributed by atoms with Gasteiger partial charge in [0.05, 0.1) is 5.52 Å². The van der Waals surface area contributed by atoms with Crippen LogP contribution in [0.4, 0.5) is 11.4 Å². The van der Waals surface area contributed by atoms with Crippen molar-refractivity contribution in [1.82, 2.24) is 30.6 Å². The second-order valence-electron chi connectivity index (χ2n) is 4.31. The maximum Gasteiger partial charge on any atom is 0.144 e. The molecule has 0 unspecified atom stereocenters. The molecule has 0 amide bonds. The molecule has 22 heavy (non-hydrogen) atoms. The highest BCUT2D eigenvalue weighted by molar-refractivity contribution is 5.87. The van der Waals surface area contributed by atoms with Crippen LogP contribution in [-0.2, 0) is 0 Å². The van der Waals surface area contributed by atoms with Crippen LogP contribution < -0.4 is 0 Å². The van der Waals surface area contributed by atoms with Crippen LogP contribution >= 0.6 is 0 Å². The number of fused-ring (bicyclic) bond motifs is 2. The van der Waals surface area contributed by atoms with Gasteiger partial charge in [-0.1, -0.05) is 22.2 Å². The number of rotatable bonds is 2. The van der Waals surface area contributed by atoms with Crippen molar-refractivity contribution >= 4 is 33.4 Å². The number of benzene rings is 2. The molecule has 0 radical (unpaired) electrons. The zero-order valence-corrected chi connectivity index (χ0v) is 11.0. The normalized spacial score (nSPS) is 11.3. The number of aromatic amines is 1. The minimum absolute atomic E-state index is 0. The van der Waals surface area contributed by atoms with Crippen LogP contribution in [0.15, 0.2) is 46.6 Å². The molecular formula is C12H10N8O2. The number of nitrogens with one attached hydrogen (secondary N) is 1. The average molecular weight is 298 g/mol. The molecule has 0 saturated carbocycles. The van der Waals surface area contributed by atoms with E-state index < -0.39 is 0 Å². The summed E-state index contributed by atoms with van der Waals surface area (Å²) < 4.78 is 0. The molecule has 0 aliphatic carbocycles. The van der Waals surface area contributed by atoms with Crippen LogP contribution in [0.25, 0.3) is 22.1 Å². The van der Waals surface area contributed by atoms with Gasteiger partial charge in [0.2, 0.25) is 0 Å². The van der Waals surface area contributed by atoms with Gasteiger partial charge in [0.15, 0.2) is 0 Å². The highest BCUT2D eigenvalue weighted by atomic mass is 16.5. The van der Waals surface area contributed by atoms with Gasteiger partial charge in [0, 0.05) is 0 Å². The van der Waals surface area contributed by atoms with Crippen molar-refractivity contribution in [1.29, 1.82) is 0 Å². The fourth-order valence-corrected chi connectivity index (χ4v) is 2.04. The van der Waals surface area contributed by atoms with E-state index in [-0.39, 0.29) is 5.48 Å². The molecule has 10 nitrogen and oxygen atoms in total. The van der Waals surface area contributed by atoms with Gasteiger partial charge in [-0.15, -0.1) is 20.4 Å². The molecule has 0 fully saturated rings. The summed E-state index contributed by atoms with van der Waals surface area (Å²) >= 11 is 0. The highest BCUT2D eigenvalue weighted by Crippen LogP contribution is 2.27. The summed E-state index contributed by atoms with van der Waals surface area (Å²) in [6.07, 6.45) is 0. The van der Waals surface area contributed by atoms with Gasteiger partial charge in [-0.3, -0.25) is 5.10 Å². The molecule has 4 aromatic rings. The van der Waals surface area contributed by atoms with E-state index in [0.717, 1.165) is 5.52 Å². The highest BCUT2D eigenvalue weighted by Gasteiger charge is 2.08. The zero-order chi connectivity index (χ0) is 14.2. The predicted octanol–water partition coefficient (Wildman–Crippen LogP) is 1.53. The Bertz CT molecular complexity index is 974. The summed E-state index contributed by atoms with van der Waals surface area (Å²) in [6, 6.07) is 10.6. The van der Waals surface area contributed by atoms with Crippen LogP contribution in [0.1, 0.15) is 0 Å². The van der Waals surface area contributed by atoms with E-state index >= 15 is 0 Å². The Kier molecular flexibility index (Phi) is 3.20. The first-order valence-corrected chi connectivity index (χ1v) is 6.08. The first-order valence-electron chi connectivity index (χ1n) is 6.08. The van der Waals surface area contributed by atoms with Crippen LogP contribution in [0.3, 0.4) is 0 Å². The average Bonchev–Trinajstić information content (AvgIpc) is 3.13. The van der Waals surface area contributed by atoms with Gasteiger partial charge in [-0.05, 0) is 29.5 Å². The van der Waals surface area contributed by atoms with Crippen molar-refractivity contribution < 1.29 is 10.7 Å². The molecule has 2 aromatic carbocycles. The van der Waals surface area contributed by atoms with E-state index in [4.69, 9.17) is 0 Å². The first-order chi connectivity index (χ1) is 10.3. The summed E-state index contributed by atoms with van der Waals surface area (Å²) in [5.74, 6) is 0. The van der Waals surface area contributed by atoms with Crippen molar-refractivity contribution in [2.24, 2.45) is 10.2 Å². The predicted molar refractivity (Wildman–Crippen MR) is 76.4 cm³/mol. The lowest BCUT2D eigenvalue weighted by Gasteiger charge is -1.95. The van der Waals surface area contributed by atoms with E-state index in [1.165, 1.54) is 0 Å². The molecule has 0 aliphatic heterocycles. The van der Waals surface area contributed by atoms with Crippen molar-refractivity contribution in [2.75, 3.05) is 0 Å².